The number of aliphatic imine (C=N–C) groups is 2. The van der Waals surface area contributed by atoms with Crippen LogP contribution in [0.3, 0.4) is 0 Å². The first-order valence-electron chi connectivity index (χ1n) is 42.5. The molecule has 0 radical (unpaired) electrons. The van der Waals surface area contributed by atoms with Crippen LogP contribution in [0.5, 0.6) is 40.2 Å². The average Bonchev–Trinajstić information content (AvgIpc) is 1.56. The molecule has 15 rings (SSSR count). The molecule has 2 saturated heterocycles. The van der Waals surface area contributed by atoms with Crippen LogP contribution in [-0.4, -0.2) is 161 Å². The normalized spacial score (nSPS) is 15.3. The topological polar surface area (TPSA) is 322 Å². The first-order valence-corrected chi connectivity index (χ1v) is 56.3. The molecule has 8 aliphatic rings. The smallest absolute Gasteiger partial charge is 0.490 e. The number of rotatable bonds is 17. The van der Waals surface area contributed by atoms with Gasteiger partial charge in [-0.05, 0) is 305 Å². The predicted molar refractivity (Wildman–Crippen MR) is 568 cm³/mol. The van der Waals surface area contributed by atoms with Crippen molar-refractivity contribution >= 4 is 212 Å². The van der Waals surface area contributed by atoms with Gasteiger partial charge in [0.2, 0.25) is 9.23 Å². The molecule has 7 aromatic carbocycles. The molecule has 736 valence electrons. The van der Waals surface area contributed by atoms with Crippen LogP contribution < -0.4 is 44.6 Å². The molecule has 2 spiro atoms. The molecule has 4 aliphatic carbocycles. The first-order chi connectivity index (χ1) is 64.6. The molecule has 136 heavy (non-hydrogen) atoms. The van der Waals surface area contributed by atoms with Gasteiger partial charge in [0.1, 0.15) is 57.5 Å². The van der Waals surface area contributed by atoms with Crippen molar-refractivity contribution < 1.29 is 70.5 Å². The van der Waals surface area contributed by atoms with E-state index in [9.17, 15) is 23.3 Å². The number of halogens is 14. The number of likely N-dealkylation sites (tertiary alicyclic amines) is 2. The minimum Gasteiger partial charge on any atom is -0.496 e. The molecule has 0 bridgehead atoms. The van der Waals surface area contributed by atoms with Crippen LogP contribution in [-0.2, 0) is 54.8 Å². The number of carboxylic acids is 1. The zero-order valence-corrected chi connectivity index (χ0v) is 93.8. The van der Waals surface area contributed by atoms with Crippen LogP contribution in [0.4, 0.5) is 30.2 Å². The standard InChI is InChI=1S/C19H23N3O.C12H11BrN2O3.C12H13BrN2O.C12H12BrNO.C9H8BrNO.C8H8BrClO.C8H9BrO2.C7H11N.C4H9NSi.C3H6Br2.C2HF3O2.Cl2OS/c1-23-17-13-15-16(21-18(20)19(15)7-5-8-19)12-14(17)6-4-11-22-9-2-3-10-22;1-14-12(4-3-5-12)8-6-11(18-2)9(13)7-10(8)15(16)17;1-16-10-5-7-9(6-8(10)13)15-11(14)12(7)3-2-4-12;1-14-12(6-3-7-12)9-4-5-10(13)11(8-9)15-2;1-12-9-6-7(4-5-11)2-3-8(9)10;2*1-11-8-4-6(5-10)2-3-7(8)9;1-2-5-8-6-3-4-7-8;1-6(2,3)4-5;4-2-1-3-5;3-2(4,5)1(6)7;1-4(2)3/h12-13H,2-3,5,7-11H2,1H3,(H2,20,21);6-7H,3-5H2,2H3;5-6H,2-4H2,1H3,(H2,14,15);4-5,8H,3,6-7H2,2H3;2-3,6H,4H2,1H3;2-4H,5H2,1H3;2-4,10H,5H2,1H3;1H,3-7H2;1-3H3;1-3H2;(H,6,7);. The molecular formula is C96H111Br8Cl3F3N11O13SSi. The summed E-state index contributed by atoms with van der Waals surface area (Å²) in [5, 5.41) is 45.9. The van der Waals surface area contributed by atoms with E-state index in [2.05, 4.69) is 220 Å². The van der Waals surface area contributed by atoms with Crippen molar-refractivity contribution in [2.24, 2.45) is 21.5 Å². The van der Waals surface area contributed by atoms with Crippen LogP contribution in [0.15, 0.2) is 146 Å². The molecule has 40 heteroatoms. The monoisotopic (exact) mass is 2480 g/mol. The highest BCUT2D eigenvalue weighted by atomic mass is 79.9. The number of benzene rings is 7. The summed E-state index contributed by atoms with van der Waals surface area (Å²) in [7, 11) is 17.4. The number of ether oxygens (including phenoxy) is 7. The van der Waals surface area contributed by atoms with Crippen molar-refractivity contribution in [1.29, 1.82) is 10.5 Å². The number of aliphatic hydroxyl groups is 1. The van der Waals surface area contributed by atoms with E-state index in [1.54, 1.807) is 54.8 Å². The van der Waals surface area contributed by atoms with Crippen molar-refractivity contribution in [1.82, 2.24) is 9.80 Å². The Morgan fingerprint density at radius 1 is 0.581 bits per heavy atom. The van der Waals surface area contributed by atoms with E-state index in [0.29, 0.717) is 40.9 Å². The Bertz CT molecular complexity index is 5450. The first kappa shape index (κ1) is 121. The molecule has 4 aliphatic heterocycles. The third-order valence-corrected chi connectivity index (χ3v) is 28.3. The fourth-order valence-corrected chi connectivity index (χ4v) is 18.4. The Balaban J connectivity index is 0.000000319. The summed E-state index contributed by atoms with van der Waals surface area (Å²) in [6, 6.07) is 36.2. The summed E-state index contributed by atoms with van der Waals surface area (Å²) in [4.78, 5) is 40.8. The number of methoxy groups -OCH3 is 7. The molecular weight excluding hydrogens is 2380 g/mol. The fourth-order valence-electron chi connectivity index (χ4n) is 14.3. The maximum absolute atomic E-state index is 11.1. The van der Waals surface area contributed by atoms with Gasteiger partial charge in [-0.15, -0.1) is 18.0 Å². The lowest BCUT2D eigenvalue weighted by atomic mass is 9.64. The number of aliphatic carboxylic acids is 1. The molecule has 24 nitrogen and oxygen atoms in total. The zero-order valence-electron chi connectivity index (χ0n) is 77.0. The van der Waals surface area contributed by atoms with Crippen molar-refractivity contribution in [2.45, 2.75) is 176 Å². The second-order valence-corrected chi connectivity index (χ2v) is 46.4. The highest BCUT2D eigenvalue weighted by molar-refractivity contribution is 9.11. The van der Waals surface area contributed by atoms with E-state index in [0.717, 1.165) is 183 Å². The molecule has 0 aromatic heterocycles. The highest BCUT2D eigenvalue weighted by Crippen LogP contribution is 2.56. The molecule has 6 N–H and O–H groups in total. The Labute approximate surface area is 881 Å². The van der Waals surface area contributed by atoms with Crippen molar-refractivity contribution in [2.75, 3.05) is 99.7 Å². The number of nitrogens with two attached hydrogens (primary N) is 2. The Kier molecular flexibility index (Phi) is 54.1. The van der Waals surface area contributed by atoms with Crippen LogP contribution >= 0.6 is 160 Å². The van der Waals surface area contributed by atoms with Gasteiger partial charge in [0.25, 0.3) is 16.8 Å². The fraction of sp³-hybridized carbons (Fsp3) is 0.448. The predicted octanol–water partition coefficient (Wildman–Crippen LogP) is 26.5. The summed E-state index contributed by atoms with van der Waals surface area (Å²) in [5.41, 5.74) is 23.3. The van der Waals surface area contributed by atoms with E-state index in [1.165, 1.54) is 95.4 Å². The molecule has 4 heterocycles. The minimum absolute atomic E-state index is 0.0154. The number of nitro benzene ring substituents is 1. The number of carboxylic acid groups (broad SMARTS) is 1. The van der Waals surface area contributed by atoms with Gasteiger partial charge >= 0.3 is 12.1 Å². The molecule has 7 aromatic rings. The maximum atomic E-state index is 11.1. The van der Waals surface area contributed by atoms with Gasteiger partial charge < -0.3 is 64.5 Å². The summed E-state index contributed by atoms with van der Waals surface area (Å²) in [6.07, 6.45) is 19.2. The molecule has 6 fully saturated rings. The Hall–Kier alpha value is -7.22. The number of terminal acetylenes is 1. The number of nitriles is 2. The van der Waals surface area contributed by atoms with E-state index < -0.39 is 39.9 Å². The van der Waals surface area contributed by atoms with Gasteiger partial charge in [-0.25, -0.2) is 37.4 Å². The largest absolute Gasteiger partial charge is 0.496 e. The molecule has 0 amide bonds. The minimum atomic E-state index is -5.08. The molecule has 0 unspecified atom stereocenters. The number of hydrogen-bond acceptors (Lipinski definition) is 20. The number of aliphatic hydroxyl groups excluding tert-OH is 1. The number of nitrogens with zero attached hydrogens (tertiary/aromatic N) is 9. The van der Waals surface area contributed by atoms with Gasteiger partial charge in [0, 0.05) is 80.9 Å². The highest BCUT2D eigenvalue weighted by Gasteiger charge is 2.52. The summed E-state index contributed by atoms with van der Waals surface area (Å²) >= 11 is 32.3. The zero-order chi connectivity index (χ0) is 102. The van der Waals surface area contributed by atoms with E-state index in [4.69, 9.17) is 106 Å². The van der Waals surface area contributed by atoms with E-state index >= 15 is 0 Å². The van der Waals surface area contributed by atoms with Crippen molar-refractivity contribution in [3.8, 4) is 76.2 Å². The quantitative estimate of drug-likeness (QED) is 0.0125. The van der Waals surface area contributed by atoms with Gasteiger partial charge in [-0.2, -0.15) is 18.4 Å². The lowest BCUT2D eigenvalue weighted by molar-refractivity contribution is -0.386. The van der Waals surface area contributed by atoms with Crippen LogP contribution in [0.1, 0.15) is 154 Å². The summed E-state index contributed by atoms with van der Waals surface area (Å²) in [6.45, 7) is 27.2. The lowest BCUT2D eigenvalue weighted by Crippen LogP contribution is -2.44. The Morgan fingerprint density at radius 3 is 1.29 bits per heavy atom. The number of nitro groups is 1. The number of fused-ring (bicyclic) bond motifs is 4. The SMILES string of the molecule is BrCCCBr.C#CCN1CCCC1.COc1cc(CC#N)ccc1Br.COc1cc(CCl)ccc1Br.COc1cc(CO)ccc1Br.COc1cc2c(cc1Br)N=C(N)C21CCC1.COc1cc2c(cc1C#CCN1CCCC1)N=C(N)C21CCC1.C[Si](C)(C)C#N.O=C(O)C(F)(F)F.O=S(Cl)Cl.[C-]#[N+]C1(c2cc(OC)c(Br)cc2[N+](=O)[O-])CCC1.[C-]#[N+]C1(c2ccc(Br)c(OC)c2)CCC1. The summed E-state index contributed by atoms with van der Waals surface area (Å²) < 4.78 is 82.5. The van der Waals surface area contributed by atoms with E-state index in [-0.39, 0.29) is 28.7 Å². The summed E-state index contributed by atoms with van der Waals surface area (Å²) in [5.74, 6) is 13.9. The van der Waals surface area contributed by atoms with Crippen LogP contribution in [0, 0.1) is 69.7 Å². The molecule has 4 saturated carbocycles. The van der Waals surface area contributed by atoms with Gasteiger partial charge in [0.15, 0.2) is 8.07 Å². The second kappa shape index (κ2) is 60.8. The average molecular weight is 2490 g/mol. The van der Waals surface area contributed by atoms with Gasteiger partial charge in [-0.1, -0.05) is 100 Å². The van der Waals surface area contributed by atoms with Gasteiger partial charge in [-0.3, -0.25) is 19.9 Å². The third kappa shape index (κ3) is 36.7. The maximum Gasteiger partial charge on any atom is 0.490 e. The number of hydrogen-bond donors (Lipinski definition) is 4. The third-order valence-electron chi connectivity index (χ3n) is 22.3. The van der Waals surface area contributed by atoms with Gasteiger partial charge in [0.05, 0.1) is 141 Å². The Morgan fingerprint density at radius 2 is 0.941 bits per heavy atom. The number of carbonyl (C=O) groups is 1. The molecule has 0 atom stereocenters. The van der Waals surface area contributed by atoms with E-state index in [1.807, 2.05) is 98.5 Å². The lowest BCUT2D eigenvalue weighted by Gasteiger charge is -2.38. The van der Waals surface area contributed by atoms with Crippen LogP contribution in [0.2, 0.25) is 19.6 Å². The van der Waals surface area contributed by atoms with Crippen molar-refractivity contribution in [3.05, 3.63) is 213 Å². The number of amidine groups is 2. The second-order valence-electron chi connectivity index (χ2n) is 32.1. The number of alkyl halides is 6. The van der Waals surface area contributed by atoms with Crippen LogP contribution in [0.25, 0.3) is 9.69 Å². The van der Waals surface area contributed by atoms with Crippen molar-refractivity contribution in [3.63, 3.8) is 0 Å².